The standard InChI is InChI=1S/CH5N2O5P.2K.H2O4S.2H/c2-1(4)3-8-9(5,6)7;;;1-5(2,3)4;;/h(H3,2,3,4)(H2,5,6,7);;;(H2,1,2,3,4);;. The molecule has 15 heteroatoms. The first-order valence-electron chi connectivity index (χ1n) is 2.41. The summed E-state index contributed by atoms with van der Waals surface area (Å²) < 4.78 is 44.8. The Kier molecular flexibility index (Phi) is 21.2. The predicted molar refractivity (Wildman–Crippen MR) is 54.3 cm³/mol. The van der Waals surface area contributed by atoms with Gasteiger partial charge < -0.3 is 15.5 Å². The Morgan fingerprint density at radius 2 is 1.50 bits per heavy atom. The van der Waals surface area contributed by atoms with Crippen molar-refractivity contribution in [2.24, 2.45) is 5.73 Å². The molecule has 0 bridgehead atoms. The van der Waals surface area contributed by atoms with Crippen LogP contribution in [-0.4, -0.2) is 136 Å². The average Bonchev–Trinajstić information content (AvgIpc) is 1.77. The van der Waals surface area contributed by atoms with Crippen molar-refractivity contribution in [1.29, 1.82) is 0 Å². The Bertz CT molecular complexity index is 314. The predicted octanol–water partition coefficient (Wildman–Crippen LogP) is -3.27. The van der Waals surface area contributed by atoms with Crippen LogP contribution in [0.1, 0.15) is 0 Å². The summed E-state index contributed by atoms with van der Waals surface area (Å²) in [6, 6.07) is -1.17. The summed E-state index contributed by atoms with van der Waals surface area (Å²) in [5.41, 5.74) is 5.64. The third-order valence-corrected chi connectivity index (χ3v) is 0.594. The molecule has 0 aliphatic heterocycles. The van der Waals surface area contributed by atoms with Crippen LogP contribution in [0.25, 0.3) is 0 Å². The summed E-state index contributed by atoms with van der Waals surface area (Å²) in [5.74, 6) is 0. The van der Waals surface area contributed by atoms with Gasteiger partial charge in [0, 0.05) is 0 Å². The number of hydrogen-bond donors (Lipinski definition) is 6. The minimum atomic E-state index is -4.67. The summed E-state index contributed by atoms with van der Waals surface area (Å²) in [4.78, 5) is 25.5. The molecule has 0 aromatic heterocycles. The van der Waals surface area contributed by atoms with Crippen molar-refractivity contribution in [3.05, 3.63) is 0 Å². The fourth-order valence-electron chi connectivity index (χ4n) is 0.104. The molecule has 0 aliphatic carbocycles. The fourth-order valence-corrected chi connectivity index (χ4v) is 0.313. The van der Waals surface area contributed by atoms with E-state index < -0.39 is 24.3 Å². The Morgan fingerprint density at radius 1 is 1.25 bits per heavy atom. The van der Waals surface area contributed by atoms with Crippen molar-refractivity contribution in [1.82, 2.24) is 5.48 Å². The number of nitrogens with one attached hydrogen (secondary N) is 1. The van der Waals surface area contributed by atoms with E-state index in [0.717, 1.165) is 0 Å². The van der Waals surface area contributed by atoms with E-state index in [9.17, 15) is 9.36 Å². The van der Waals surface area contributed by atoms with Crippen LogP contribution >= 0.6 is 7.82 Å². The van der Waals surface area contributed by atoms with E-state index >= 15 is 0 Å². The molecule has 0 rings (SSSR count). The second-order valence-electron chi connectivity index (χ2n) is 1.50. The van der Waals surface area contributed by atoms with Crippen molar-refractivity contribution in [3.63, 3.8) is 0 Å². The maximum absolute atomic E-state index is 9.74. The van der Waals surface area contributed by atoms with Gasteiger partial charge in [0.1, 0.15) is 0 Å². The molecular weight excluding hydrogens is 325 g/mol. The van der Waals surface area contributed by atoms with E-state index in [0.29, 0.717) is 0 Å². The molecule has 0 atom stereocenters. The van der Waals surface area contributed by atoms with Crippen LogP contribution in [0, 0.1) is 0 Å². The van der Waals surface area contributed by atoms with Crippen molar-refractivity contribution in [2.45, 2.75) is 0 Å². The van der Waals surface area contributed by atoms with Crippen molar-refractivity contribution >= 4 is 127 Å². The van der Waals surface area contributed by atoms with Crippen molar-refractivity contribution < 1.29 is 41.3 Å². The molecule has 0 saturated heterocycles. The third-order valence-electron chi connectivity index (χ3n) is 0.265. The van der Waals surface area contributed by atoms with Gasteiger partial charge in [-0.1, -0.05) is 0 Å². The number of carbonyl (C=O) groups excluding carboxylic acids is 1. The molecule has 0 heterocycles. The Balaban J connectivity index is -0.0000000904. The zero-order valence-electron chi connectivity index (χ0n) is 6.26. The number of rotatable bonds is 2. The molecule has 0 aromatic carbocycles. The number of phosphoric acid groups is 1. The van der Waals surface area contributed by atoms with E-state index in [-0.39, 0.29) is 103 Å². The van der Waals surface area contributed by atoms with E-state index in [4.69, 9.17) is 27.3 Å². The summed E-state index contributed by atoms with van der Waals surface area (Å²) in [6.07, 6.45) is 0. The average molecular weight is 334 g/mol. The van der Waals surface area contributed by atoms with Crippen LogP contribution < -0.4 is 11.2 Å². The minimum absolute atomic E-state index is 0. The summed E-state index contributed by atoms with van der Waals surface area (Å²) >= 11 is 0. The monoisotopic (exact) mass is 334 g/mol. The van der Waals surface area contributed by atoms with Gasteiger partial charge in [0.2, 0.25) is 0 Å². The number of primary amides is 1. The first-order chi connectivity index (χ1) is 5.92. The van der Waals surface area contributed by atoms with Gasteiger partial charge in [-0.05, 0) is 0 Å². The molecule has 16 heavy (non-hydrogen) atoms. The molecule has 0 aromatic rings. The Labute approximate surface area is 175 Å². The van der Waals surface area contributed by atoms with E-state index in [1.54, 1.807) is 0 Å². The second-order valence-corrected chi connectivity index (χ2v) is 3.56. The molecule has 0 saturated carbocycles. The number of urea groups is 1. The SMILES string of the molecule is NC(=O)NOP(=O)(O)O.O=S(=O)(O)O.[KH].[KH]. The summed E-state index contributed by atoms with van der Waals surface area (Å²) in [5, 5.41) is 0. The van der Waals surface area contributed by atoms with E-state index in [1.165, 1.54) is 5.48 Å². The first-order valence-corrected chi connectivity index (χ1v) is 5.34. The Morgan fingerprint density at radius 3 is 1.56 bits per heavy atom. The van der Waals surface area contributed by atoms with Gasteiger partial charge in [0.05, 0.1) is 0 Å². The number of carbonyl (C=O) groups is 1. The van der Waals surface area contributed by atoms with E-state index in [1.807, 2.05) is 0 Å². The zero-order chi connectivity index (χ0) is 12.0. The molecule has 0 aliphatic rings. The summed E-state index contributed by atoms with van der Waals surface area (Å²) in [6.45, 7) is 0. The zero-order valence-corrected chi connectivity index (χ0v) is 7.97. The van der Waals surface area contributed by atoms with Gasteiger partial charge in [0.15, 0.2) is 0 Å². The molecule has 0 unspecified atom stereocenters. The molecule has 7 N–H and O–H groups in total. The molecule has 2 amide bonds. The van der Waals surface area contributed by atoms with Crippen LogP contribution in [0.4, 0.5) is 4.79 Å². The third kappa shape index (κ3) is 54.8. The molecule has 11 nitrogen and oxygen atoms in total. The molecular formula is CH9K2N2O9PS. The molecule has 0 fully saturated rings. The van der Waals surface area contributed by atoms with Gasteiger partial charge in [-0.15, -0.1) is 0 Å². The quantitative estimate of drug-likeness (QED) is 0.130. The van der Waals surface area contributed by atoms with Gasteiger partial charge in [-0.2, -0.15) is 13.0 Å². The van der Waals surface area contributed by atoms with Crippen LogP contribution in [0.5, 0.6) is 0 Å². The Hall–Kier alpha value is 2.52. The first kappa shape index (κ1) is 27.0. The van der Waals surface area contributed by atoms with Gasteiger partial charge in [-0.3, -0.25) is 9.11 Å². The molecule has 0 spiro atoms. The van der Waals surface area contributed by atoms with Crippen LogP contribution in [0.3, 0.4) is 0 Å². The van der Waals surface area contributed by atoms with Gasteiger partial charge >= 0.3 is 127 Å². The van der Waals surface area contributed by atoms with Crippen molar-refractivity contribution in [3.8, 4) is 0 Å². The number of hydroxylamine groups is 1. The fraction of sp³-hybridized carbons (Fsp3) is 0. The maximum atomic E-state index is 9.74. The molecule has 90 valence electrons. The van der Waals surface area contributed by atoms with Gasteiger partial charge in [-0.25, -0.2) is 14.8 Å². The number of amides is 2. The topological polar surface area (TPSA) is 196 Å². The number of hydrogen-bond acceptors (Lipinski definition) is 5. The van der Waals surface area contributed by atoms with E-state index in [2.05, 4.69) is 10.4 Å². The van der Waals surface area contributed by atoms with Gasteiger partial charge in [0.25, 0.3) is 0 Å². The normalized spacial score (nSPS) is 9.75. The molecule has 0 radical (unpaired) electrons. The van der Waals surface area contributed by atoms with Crippen LogP contribution in [-0.2, 0) is 19.6 Å². The van der Waals surface area contributed by atoms with Crippen molar-refractivity contribution in [2.75, 3.05) is 0 Å². The number of nitrogens with two attached hydrogens (primary N) is 1. The van der Waals surface area contributed by atoms with Crippen LogP contribution in [0.15, 0.2) is 0 Å². The summed E-state index contributed by atoms with van der Waals surface area (Å²) in [7, 11) is -9.30. The second kappa shape index (κ2) is 12.6. The van der Waals surface area contributed by atoms with Crippen LogP contribution in [0.2, 0.25) is 0 Å².